The van der Waals surface area contributed by atoms with Crippen molar-refractivity contribution in [2.75, 3.05) is 6.73 Å². The molecule has 4 heteroatoms. The molecule has 0 heterocycles. The first kappa shape index (κ1) is 14.3. The van der Waals surface area contributed by atoms with Gasteiger partial charge in [0.1, 0.15) is 0 Å². The fourth-order valence-corrected chi connectivity index (χ4v) is 2.55. The summed E-state index contributed by atoms with van der Waals surface area (Å²) in [7, 11) is 0. The van der Waals surface area contributed by atoms with E-state index in [4.69, 9.17) is 10.5 Å². The molecular formula is C10H20FINO-. The first-order chi connectivity index (χ1) is 6.74. The molecule has 0 aliphatic heterocycles. The standard InChI is InChI=1S/C10H20FINO/c1-3-9(14-8-13)6-5-7-10(11)12-4-2/h4,9-10H,2-3,5-8,13H2,1H3/q-1. The fourth-order valence-electron chi connectivity index (χ4n) is 1.20. The number of rotatable bonds is 9. The number of ether oxygens (including phenoxy) is 1. The number of hydrogen-bond donors (Lipinski definition) is 1. The van der Waals surface area contributed by atoms with Gasteiger partial charge in [0, 0.05) is 0 Å². The van der Waals surface area contributed by atoms with Gasteiger partial charge in [0.25, 0.3) is 0 Å². The molecule has 0 fully saturated rings. The molecule has 0 aromatic rings. The van der Waals surface area contributed by atoms with E-state index in [0.29, 0.717) is 6.42 Å². The zero-order valence-corrected chi connectivity index (χ0v) is 10.9. The second-order valence-corrected chi connectivity index (χ2v) is 5.92. The van der Waals surface area contributed by atoms with Crippen LogP contribution in [0.1, 0.15) is 32.6 Å². The van der Waals surface area contributed by atoms with E-state index in [1.54, 1.807) is 4.08 Å². The molecular weight excluding hydrogens is 296 g/mol. The molecule has 0 aromatic carbocycles. The summed E-state index contributed by atoms with van der Waals surface area (Å²) in [6.45, 7) is 5.88. The van der Waals surface area contributed by atoms with Gasteiger partial charge in [0.05, 0.1) is 0 Å². The predicted molar refractivity (Wildman–Crippen MR) is 53.2 cm³/mol. The average Bonchev–Trinajstić information content (AvgIpc) is 2.17. The third-order valence-corrected chi connectivity index (χ3v) is 3.87. The van der Waals surface area contributed by atoms with Crippen LogP contribution in [0.15, 0.2) is 10.7 Å². The van der Waals surface area contributed by atoms with Crippen LogP contribution in [0.2, 0.25) is 0 Å². The monoisotopic (exact) mass is 316 g/mol. The van der Waals surface area contributed by atoms with Gasteiger partial charge in [-0.05, 0) is 0 Å². The molecule has 0 aromatic heterocycles. The minimum absolute atomic E-state index is 0.203. The summed E-state index contributed by atoms with van der Waals surface area (Å²) in [5, 5.41) is 0. The van der Waals surface area contributed by atoms with E-state index >= 15 is 0 Å². The molecule has 14 heavy (non-hydrogen) atoms. The molecule has 0 aliphatic carbocycles. The maximum absolute atomic E-state index is 13.1. The SMILES string of the molecule is C=C[I-]C(F)CCCC(CC)OCN. The van der Waals surface area contributed by atoms with Gasteiger partial charge in [-0.15, -0.1) is 0 Å². The maximum atomic E-state index is 13.1. The third kappa shape index (κ3) is 7.70. The topological polar surface area (TPSA) is 35.2 Å². The van der Waals surface area contributed by atoms with Crippen molar-refractivity contribution < 1.29 is 30.3 Å². The van der Waals surface area contributed by atoms with Crippen LogP contribution in [-0.2, 0) is 4.74 Å². The van der Waals surface area contributed by atoms with Crippen molar-refractivity contribution in [3.05, 3.63) is 10.7 Å². The number of nitrogens with two attached hydrogens (primary N) is 1. The van der Waals surface area contributed by atoms with Crippen molar-refractivity contribution in [2.45, 2.75) is 42.9 Å². The van der Waals surface area contributed by atoms with Crippen molar-refractivity contribution >= 4 is 0 Å². The summed E-state index contributed by atoms with van der Waals surface area (Å²) in [6.07, 6.45) is 3.59. The molecule has 0 bridgehead atoms. The van der Waals surface area contributed by atoms with Crippen LogP contribution in [0.25, 0.3) is 0 Å². The van der Waals surface area contributed by atoms with E-state index < -0.39 is 25.4 Å². The number of hydrogen-bond acceptors (Lipinski definition) is 2. The van der Waals surface area contributed by atoms with Crippen molar-refractivity contribution in [3.8, 4) is 0 Å². The van der Waals surface area contributed by atoms with Gasteiger partial charge in [-0.1, -0.05) is 0 Å². The Morgan fingerprint density at radius 2 is 2.29 bits per heavy atom. The van der Waals surface area contributed by atoms with Crippen LogP contribution in [0.5, 0.6) is 0 Å². The summed E-state index contributed by atoms with van der Waals surface area (Å²) in [6, 6.07) is 0. The van der Waals surface area contributed by atoms with E-state index in [2.05, 4.69) is 13.5 Å². The van der Waals surface area contributed by atoms with E-state index in [0.717, 1.165) is 19.3 Å². The molecule has 2 atom stereocenters. The van der Waals surface area contributed by atoms with Crippen molar-refractivity contribution in [1.29, 1.82) is 0 Å². The van der Waals surface area contributed by atoms with Crippen molar-refractivity contribution in [3.63, 3.8) is 0 Å². The summed E-state index contributed by atoms with van der Waals surface area (Å²) in [5.74, 6) is 0. The predicted octanol–water partition coefficient (Wildman–Crippen LogP) is -0.604. The van der Waals surface area contributed by atoms with Gasteiger partial charge in [0.2, 0.25) is 0 Å². The molecule has 0 saturated carbocycles. The molecule has 2 nitrogen and oxygen atoms in total. The Bertz CT molecular complexity index is 146. The van der Waals surface area contributed by atoms with E-state index in [-0.39, 0.29) is 12.8 Å². The summed E-state index contributed by atoms with van der Waals surface area (Å²) in [5.41, 5.74) is 5.28. The van der Waals surface area contributed by atoms with Crippen LogP contribution in [0.4, 0.5) is 4.39 Å². The molecule has 2 unspecified atom stereocenters. The Hall–Kier alpha value is 0.320. The summed E-state index contributed by atoms with van der Waals surface area (Å²) >= 11 is -0.448. The molecule has 0 aliphatic rings. The number of halogens is 2. The molecule has 2 N–H and O–H groups in total. The zero-order chi connectivity index (χ0) is 10.8. The second kappa shape index (κ2) is 9.86. The van der Waals surface area contributed by atoms with Gasteiger partial charge in [-0.2, -0.15) is 0 Å². The van der Waals surface area contributed by atoms with Crippen LogP contribution < -0.4 is 26.9 Å². The molecule has 0 amide bonds. The average molecular weight is 316 g/mol. The van der Waals surface area contributed by atoms with E-state index in [1.165, 1.54) is 0 Å². The zero-order valence-electron chi connectivity index (χ0n) is 8.72. The van der Waals surface area contributed by atoms with E-state index in [9.17, 15) is 4.39 Å². The Balaban J connectivity index is 3.44. The summed E-state index contributed by atoms with van der Waals surface area (Å²) < 4.78 is 19.4. The van der Waals surface area contributed by atoms with Gasteiger partial charge >= 0.3 is 96.3 Å². The van der Waals surface area contributed by atoms with Gasteiger partial charge < -0.3 is 0 Å². The quantitative estimate of drug-likeness (QED) is 0.350. The van der Waals surface area contributed by atoms with Crippen molar-refractivity contribution in [2.24, 2.45) is 5.73 Å². The first-order valence-corrected chi connectivity index (χ1v) is 7.42. The summed E-state index contributed by atoms with van der Waals surface area (Å²) in [4.78, 5) is 0. The Kier molecular flexibility index (Phi) is 10.1. The minimum atomic E-state index is -0.637. The molecule has 0 radical (unpaired) electrons. The third-order valence-electron chi connectivity index (χ3n) is 1.96. The molecule has 86 valence electrons. The van der Waals surface area contributed by atoms with Crippen LogP contribution in [0.3, 0.4) is 0 Å². The van der Waals surface area contributed by atoms with E-state index in [1.807, 2.05) is 0 Å². The van der Waals surface area contributed by atoms with Gasteiger partial charge in [-0.3, -0.25) is 0 Å². The number of alkyl halides is 2. The van der Waals surface area contributed by atoms with Crippen LogP contribution >= 0.6 is 0 Å². The first-order valence-electron chi connectivity index (χ1n) is 4.93. The van der Waals surface area contributed by atoms with Crippen LogP contribution in [0, 0.1) is 0 Å². The Labute approximate surface area is 96.3 Å². The van der Waals surface area contributed by atoms with Crippen LogP contribution in [-0.4, -0.2) is 17.0 Å². The molecule has 0 saturated heterocycles. The Morgan fingerprint density at radius 3 is 2.79 bits per heavy atom. The second-order valence-electron chi connectivity index (χ2n) is 2.97. The van der Waals surface area contributed by atoms with Gasteiger partial charge in [0.15, 0.2) is 0 Å². The normalized spacial score (nSPS) is 15.4. The van der Waals surface area contributed by atoms with Crippen molar-refractivity contribution in [1.82, 2.24) is 0 Å². The molecule has 0 rings (SSSR count). The molecule has 0 spiro atoms. The Morgan fingerprint density at radius 1 is 1.57 bits per heavy atom. The van der Waals surface area contributed by atoms with Gasteiger partial charge in [-0.25, -0.2) is 0 Å². The fraction of sp³-hybridized carbons (Fsp3) is 0.800.